The molecular formula is C10H9F2NO2. The molecule has 0 bridgehead atoms. The fourth-order valence-corrected chi connectivity index (χ4v) is 1.98. The molecule has 1 aromatic rings. The van der Waals surface area contributed by atoms with E-state index in [9.17, 15) is 13.6 Å². The van der Waals surface area contributed by atoms with Crippen molar-refractivity contribution in [2.45, 2.75) is 24.2 Å². The second kappa shape index (κ2) is 2.98. The highest BCUT2D eigenvalue weighted by Gasteiger charge is 2.62. The third-order valence-corrected chi connectivity index (χ3v) is 2.76. The zero-order valence-corrected chi connectivity index (χ0v) is 7.78. The lowest BCUT2D eigenvalue weighted by atomic mass is 9.62. The summed E-state index contributed by atoms with van der Waals surface area (Å²) in [5.41, 5.74) is -1.03. The van der Waals surface area contributed by atoms with Crippen LogP contribution in [0.4, 0.5) is 8.78 Å². The van der Waals surface area contributed by atoms with Crippen LogP contribution in [0.5, 0.6) is 0 Å². The Kier molecular flexibility index (Phi) is 1.99. The van der Waals surface area contributed by atoms with Crippen molar-refractivity contribution in [3.8, 4) is 0 Å². The second-order valence-electron chi connectivity index (χ2n) is 3.83. The fourth-order valence-electron chi connectivity index (χ4n) is 1.98. The Bertz CT molecular complexity index is 384. The molecule has 1 heterocycles. The Labute approximate surface area is 84.8 Å². The number of alkyl halides is 2. The lowest BCUT2D eigenvalue weighted by molar-refractivity contribution is -0.174. The summed E-state index contributed by atoms with van der Waals surface area (Å²) in [4.78, 5) is 14.8. The molecule has 0 aliphatic heterocycles. The van der Waals surface area contributed by atoms with Crippen LogP contribution in [-0.2, 0) is 10.2 Å². The number of rotatable bonds is 2. The molecule has 1 saturated carbocycles. The van der Waals surface area contributed by atoms with E-state index in [2.05, 4.69) is 4.98 Å². The highest BCUT2D eigenvalue weighted by atomic mass is 19.3. The van der Waals surface area contributed by atoms with Gasteiger partial charge in [0.25, 0.3) is 5.92 Å². The largest absolute Gasteiger partial charge is 0.481 e. The van der Waals surface area contributed by atoms with Gasteiger partial charge < -0.3 is 5.11 Å². The minimum Gasteiger partial charge on any atom is -0.481 e. The van der Waals surface area contributed by atoms with E-state index < -0.39 is 30.1 Å². The number of carbonyl (C=O) groups is 1. The van der Waals surface area contributed by atoms with Crippen molar-refractivity contribution in [2.24, 2.45) is 0 Å². The molecular weight excluding hydrogens is 204 g/mol. The van der Waals surface area contributed by atoms with Crippen LogP contribution in [0.3, 0.4) is 0 Å². The zero-order chi connectivity index (χ0) is 11.1. The molecule has 1 N–H and O–H groups in total. The SMILES string of the molecule is O=C(O)C1(c2ccncc2)CC(F)(F)C1. The van der Waals surface area contributed by atoms with Crippen LogP contribution in [-0.4, -0.2) is 22.0 Å². The Morgan fingerprint density at radius 2 is 1.87 bits per heavy atom. The summed E-state index contributed by atoms with van der Waals surface area (Å²) in [6, 6.07) is 2.95. The molecule has 3 nitrogen and oxygen atoms in total. The first kappa shape index (κ1) is 10.0. The van der Waals surface area contributed by atoms with Gasteiger partial charge in [0, 0.05) is 25.2 Å². The van der Waals surface area contributed by atoms with Gasteiger partial charge in [0.2, 0.25) is 0 Å². The molecule has 1 aliphatic carbocycles. The van der Waals surface area contributed by atoms with E-state index in [0.29, 0.717) is 5.56 Å². The average Bonchev–Trinajstić information content (AvgIpc) is 2.14. The van der Waals surface area contributed by atoms with Gasteiger partial charge in [-0.1, -0.05) is 0 Å². The normalized spacial score (nSPS) is 21.7. The van der Waals surface area contributed by atoms with E-state index in [0.717, 1.165) is 0 Å². The van der Waals surface area contributed by atoms with Crippen LogP contribution in [0, 0.1) is 0 Å². The zero-order valence-electron chi connectivity index (χ0n) is 7.78. The number of aromatic nitrogens is 1. The number of carboxylic acids is 1. The van der Waals surface area contributed by atoms with E-state index in [1.165, 1.54) is 24.5 Å². The van der Waals surface area contributed by atoms with Gasteiger partial charge >= 0.3 is 5.97 Å². The minimum absolute atomic E-state index is 0.399. The van der Waals surface area contributed by atoms with E-state index in [4.69, 9.17) is 5.11 Å². The maximum atomic E-state index is 12.8. The van der Waals surface area contributed by atoms with Crippen molar-refractivity contribution in [1.82, 2.24) is 4.98 Å². The summed E-state index contributed by atoms with van der Waals surface area (Å²) in [5, 5.41) is 9.02. The van der Waals surface area contributed by atoms with Crippen LogP contribution < -0.4 is 0 Å². The summed E-state index contributed by atoms with van der Waals surface area (Å²) in [6.45, 7) is 0. The highest BCUT2D eigenvalue weighted by molar-refractivity contribution is 5.83. The Morgan fingerprint density at radius 1 is 1.33 bits per heavy atom. The van der Waals surface area contributed by atoms with Gasteiger partial charge in [-0.3, -0.25) is 9.78 Å². The smallest absolute Gasteiger partial charge is 0.314 e. The number of aliphatic carboxylic acids is 1. The quantitative estimate of drug-likeness (QED) is 0.815. The molecule has 0 aromatic carbocycles. The van der Waals surface area contributed by atoms with Gasteiger partial charge in [-0.15, -0.1) is 0 Å². The van der Waals surface area contributed by atoms with Gasteiger partial charge in [-0.05, 0) is 17.7 Å². The molecule has 0 amide bonds. The van der Waals surface area contributed by atoms with Crippen LogP contribution in [0.1, 0.15) is 18.4 Å². The Hall–Kier alpha value is -1.52. The molecule has 1 fully saturated rings. The first-order chi connectivity index (χ1) is 6.96. The molecule has 80 valence electrons. The maximum Gasteiger partial charge on any atom is 0.314 e. The van der Waals surface area contributed by atoms with E-state index in [1.54, 1.807) is 0 Å². The first-order valence-electron chi connectivity index (χ1n) is 4.48. The summed E-state index contributed by atoms with van der Waals surface area (Å²) < 4.78 is 25.6. The van der Waals surface area contributed by atoms with E-state index >= 15 is 0 Å². The Balaban J connectivity index is 2.36. The molecule has 0 saturated heterocycles. The van der Waals surface area contributed by atoms with Crippen molar-refractivity contribution in [1.29, 1.82) is 0 Å². The van der Waals surface area contributed by atoms with Crippen molar-refractivity contribution in [3.63, 3.8) is 0 Å². The molecule has 0 radical (unpaired) electrons. The summed E-state index contributed by atoms with van der Waals surface area (Å²) in [6.07, 6.45) is 1.58. The molecule has 2 rings (SSSR count). The molecule has 0 atom stereocenters. The number of hydrogen-bond donors (Lipinski definition) is 1. The van der Waals surface area contributed by atoms with Gasteiger partial charge in [0.15, 0.2) is 0 Å². The third kappa shape index (κ3) is 1.48. The molecule has 15 heavy (non-hydrogen) atoms. The first-order valence-corrected chi connectivity index (χ1v) is 4.48. The minimum atomic E-state index is -2.86. The molecule has 0 spiro atoms. The summed E-state index contributed by atoms with van der Waals surface area (Å²) in [7, 11) is 0. The third-order valence-electron chi connectivity index (χ3n) is 2.76. The lowest BCUT2D eigenvalue weighted by Crippen LogP contribution is -2.54. The van der Waals surface area contributed by atoms with E-state index in [1.807, 2.05) is 0 Å². The van der Waals surface area contributed by atoms with Crippen molar-refractivity contribution in [3.05, 3.63) is 30.1 Å². The molecule has 5 heteroatoms. The number of hydrogen-bond acceptors (Lipinski definition) is 2. The average molecular weight is 213 g/mol. The lowest BCUT2D eigenvalue weighted by Gasteiger charge is -2.44. The highest BCUT2D eigenvalue weighted by Crippen LogP contribution is 2.53. The van der Waals surface area contributed by atoms with Gasteiger partial charge in [0.1, 0.15) is 5.41 Å². The topological polar surface area (TPSA) is 50.2 Å². The molecule has 1 aromatic heterocycles. The number of halogens is 2. The molecule has 1 aliphatic rings. The monoisotopic (exact) mass is 213 g/mol. The van der Waals surface area contributed by atoms with Crippen molar-refractivity contribution in [2.75, 3.05) is 0 Å². The predicted molar refractivity (Wildman–Crippen MR) is 47.7 cm³/mol. The van der Waals surface area contributed by atoms with E-state index in [-0.39, 0.29) is 0 Å². The number of carboxylic acid groups (broad SMARTS) is 1. The number of nitrogens with zero attached hydrogens (tertiary/aromatic N) is 1. The number of pyridine rings is 1. The van der Waals surface area contributed by atoms with Crippen LogP contribution in [0.15, 0.2) is 24.5 Å². The summed E-state index contributed by atoms with van der Waals surface area (Å²) in [5.74, 6) is -4.05. The fraction of sp³-hybridized carbons (Fsp3) is 0.400. The van der Waals surface area contributed by atoms with Crippen molar-refractivity contribution >= 4 is 5.97 Å². The predicted octanol–water partition coefficient (Wildman–Crippen LogP) is 1.83. The second-order valence-corrected chi connectivity index (χ2v) is 3.83. The van der Waals surface area contributed by atoms with Gasteiger partial charge in [-0.2, -0.15) is 0 Å². The van der Waals surface area contributed by atoms with Crippen LogP contribution in [0.2, 0.25) is 0 Å². The van der Waals surface area contributed by atoms with Crippen molar-refractivity contribution < 1.29 is 18.7 Å². The molecule has 0 unspecified atom stereocenters. The maximum absolute atomic E-state index is 12.8. The summed E-state index contributed by atoms with van der Waals surface area (Å²) >= 11 is 0. The Morgan fingerprint density at radius 3 is 2.27 bits per heavy atom. The van der Waals surface area contributed by atoms with Gasteiger partial charge in [0.05, 0.1) is 0 Å². The van der Waals surface area contributed by atoms with Crippen LogP contribution >= 0.6 is 0 Å². The van der Waals surface area contributed by atoms with Crippen LogP contribution in [0.25, 0.3) is 0 Å². The van der Waals surface area contributed by atoms with Gasteiger partial charge in [-0.25, -0.2) is 8.78 Å². The standard InChI is InChI=1S/C10H9F2NO2/c11-10(12)5-9(6-10,8(14)15)7-1-3-13-4-2-7/h1-4H,5-6H2,(H,14,15).